The molecular formula is C16H11F3N2O3S. The first-order valence-electron chi connectivity index (χ1n) is 6.99. The average Bonchev–Trinajstić information content (AvgIpc) is 3.00. The van der Waals surface area contributed by atoms with Gasteiger partial charge in [0.1, 0.15) is 4.90 Å². The summed E-state index contributed by atoms with van der Waals surface area (Å²) in [6.45, 7) is 0. The fourth-order valence-corrected chi connectivity index (χ4v) is 2.99. The maximum atomic E-state index is 13.0. The van der Waals surface area contributed by atoms with Crippen molar-refractivity contribution in [1.82, 2.24) is 9.78 Å². The van der Waals surface area contributed by atoms with Crippen molar-refractivity contribution < 1.29 is 25.8 Å². The van der Waals surface area contributed by atoms with E-state index in [-0.39, 0.29) is 10.6 Å². The highest BCUT2D eigenvalue weighted by Crippen LogP contribution is 2.33. The lowest BCUT2D eigenvalue weighted by Crippen LogP contribution is -2.12. The van der Waals surface area contributed by atoms with Crippen LogP contribution in [0.25, 0.3) is 5.69 Å². The molecule has 0 saturated heterocycles. The lowest BCUT2D eigenvalue weighted by molar-refractivity contribution is -0.141. The van der Waals surface area contributed by atoms with Crippen LogP contribution < -0.4 is 4.18 Å². The van der Waals surface area contributed by atoms with Gasteiger partial charge in [-0.3, -0.25) is 0 Å². The van der Waals surface area contributed by atoms with Gasteiger partial charge in [-0.25, -0.2) is 0 Å². The molecule has 0 saturated carbocycles. The number of aromatic nitrogens is 2. The number of benzene rings is 2. The van der Waals surface area contributed by atoms with Crippen molar-refractivity contribution >= 4 is 10.1 Å². The molecule has 0 N–H and O–H groups in total. The third kappa shape index (κ3) is 3.66. The van der Waals surface area contributed by atoms with Crippen molar-refractivity contribution in [3.8, 4) is 11.6 Å². The fraction of sp³-hybridized carbons (Fsp3) is 0.0625. The van der Waals surface area contributed by atoms with E-state index >= 15 is 0 Å². The molecule has 0 bridgehead atoms. The lowest BCUT2D eigenvalue weighted by atomic mass is 10.3. The van der Waals surface area contributed by atoms with E-state index in [9.17, 15) is 21.6 Å². The largest absolute Gasteiger partial charge is 0.435 e. The Labute approximate surface area is 141 Å². The summed E-state index contributed by atoms with van der Waals surface area (Å²) in [6.07, 6.45) is -4.74. The topological polar surface area (TPSA) is 61.2 Å². The Bertz CT molecular complexity index is 969. The maximum absolute atomic E-state index is 13.0. The van der Waals surface area contributed by atoms with Gasteiger partial charge in [-0.1, -0.05) is 36.4 Å². The Kier molecular flexibility index (Phi) is 4.25. The van der Waals surface area contributed by atoms with Crippen LogP contribution in [0.1, 0.15) is 5.69 Å². The maximum Gasteiger partial charge on any atom is 0.435 e. The van der Waals surface area contributed by atoms with Gasteiger partial charge in [-0.05, 0) is 24.3 Å². The highest BCUT2D eigenvalue weighted by Gasteiger charge is 2.36. The molecule has 3 rings (SSSR count). The molecule has 1 heterocycles. The number of hydrogen-bond acceptors (Lipinski definition) is 4. The van der Waals surface area contributed by atoms with Crippen LogP contribution in [-0.2, 0) is 16.3 Å². The Morgan fingerprint density at radius 1 is 0.920 bits per heavy atom. The van der Waals surface area contributed by atoms with Gasteiger partial charge in [-0.15, -0.1) is 0 Å². The molecule has 0 radical (unpaired) electrons. The average molecular weight is 368 g/mol. The molecule has 0 fully saturated rings. The van der Waals surface area contributed by atoms with E-state index in [1.807, 2.05) is 0 Å². The number of alkyl halides is 3. The minimum atomic E-state index is -4.74. The van der Waals surface area contributed by atoms with Crippen molar-refractivity contribution in [2.24, 2.45) is 0 Å². The fourth-order valence-electron chi connectivity index (χ4n) is 2.06. The van der Waals surface area contributed by atoms with Crippen LogP contribution in [0.2, 0.25) is 0 Å². The third-order valence-electron chi connectivity index (χ3n) is 3.19. The van der Waals surface area contributed by atoms with Crippen LogP contribution >= 0.6 is 0 Å². The van der Waals surface area contributed by atoms with Gasteiger partial charge in [-0.2, -0.15) is 31.4 Å². The molecule has 0 atom stereocenters. The molecule has 3 aromatic rings. The van der Waals surface area contributed by atoms with Crippen LogP contribution in [0.5, 0.6) is 5.88 Å². The number of hydrogen-bond donors (Lipinski definition) is 0. The predicted molar refractivity (Wildman–Crippen MR) is 82.8 cm³/mol. The van der Waals surface area contributed by atoms with Crippen molar-refractivity contribution in [3.05, 3.63) is 72.4 Å². The SMILES string of the molecule is O=S(=O)(Oc1cc(C(F)(F)F)nn1-c1ccccc1)c1ccccc1. The van der Waals surface area contributed by atoms with E-state index in [1.165, 1.54) is 36.4 Å². The summed E-state index contributed by atoms with van der Waals surface area (Å²) in [5.74, 6) is -0.553. The number of rotatable bonds is 4. The molecule has 0 aliphatic heterocycles. The van der Waals surface area contributed by atoms with E-state index in [0.29, 0.717) is 6.07 Å². The molecule has 5 nitrogen and oxygen atoms in total. The smallest absolute Gasteiger partial charge is 0.358 e. The zero-order chi connectivity index (χ0) is 18.1. The molecule has 0 unspecified atom stereocenters. The van der Waals surface area contributed by atoms with Gasteiger partial charge in [0.05, 0.1) is 5.69 Å². The van der Waals surface area contributed by atoms with Gasteiger partial charge in [0.25, 0.3) is 0 Å². The van der Waals surface area contributed by atoms with E-state index in [4.69, 9.17) is 4.18 Å². The molecule has 0 amide bonds. The summed E-state index contributed by atoms with van der Waals surface area (Å²) >= 11 is 0. The molecule has 0 aliphatic carbocycles. The first kappa shape index (κ1) is 17.0. The van der Waals surface area contributed by atoms with Gasteiger partial charge >= 0.3 is 16.3 Å². The van der Waals surface area contributed by atoms with E-state index in [1.54, 1.807) is 24.3 Å². The van der Waals surface area contributed by atoms with Crippen LogP contribution in [0, 0.1) is 0 Å². The summed E-state index contributed by atoms with van der Waals surface area (Å²) < 4.78 is 69.2. The number of nitrogens with zero attached hydrogens (tertiary/aromatic N) is 2. The first-order chi connectivity index (χ1) is 11.8. The molecule has 0 aliphatic rings. The molecule has 0 spiro atoms. The van der Waals surface area contributed by atoms with Crippen molar-refractivity contribution in [2.45, 2.75) is 11.1 Å². The lowest BCUT2D eigenvalue weighted by Gasteiger charge is -2.09. The second kappa shape index (κ2) is 6.25. The van der Waals surface area contributed by atoms with Gasteiger partial charge in [0.2, 0.25) is 5.88 Å². The Hall–Kier alpha value is -2.81. The number of para-hydroxylation sites is 1. The first-order valence-corrected chi connectivity index (χ1v) is 8.40. The predicted octanol–water partition coefficient (Wildman–Crippen LogP) is 3.66. The Balaban J connectivity index is 2.08. The van der Waals surface area contributed by atoms with Gasteiger partial charge in [0.15, 0.2) is 5.69 Å². The zero-order valence-corrected chi connectivity index (χ0v) is 13.3. The number of halogens is 3. The van der Waals surface area contributed by atoms with E-state index in [0.717, 1.165) is 4.68 Å². The minimum Gasteiger partial charge on any atom is -0.358 e. The van der Waals surface area contributed by atoms with Crippen molar-refractivity contribution in [1.29, 1.82) is 0 Å². The normalized spacial score (nSPS) is 12.1. The van der Waals surface area contributed by atoms with E-state index < -0.39 is 27.9 Å². The van der Waals surface area contributed by atoms with Gasteiger partial charge in [0, 0.05) is 6.07 Å². The summed E-state index contributed by atoms with van der Waals surface area (Å²) in [5, 5.41) is 3.43. The molecule has 2 aromatic carbocycles. The summed E-state index contributed by atoms with van der Waals surface area (Å²) in [5.41, 5.74) is -1.02. The third-order valence-corrected chi connectivity index (χ3v) is 4.43. The minimum absolute atomic E-state index is 0.177. The molecular weight excluding hydrogens is 357 g/mol. The summed E-state index contributed by atoms with van der Waals surface area (Å²) in [7, 11) is -4.30. The second-order valence-corrected chi connectivity index (χ2v) is 6.51. The molecule has 130 valence electrons. The summed E-state index contributed by atoms with van der Waals surface area (Å²) in [4.78, 5) is -0.177. The van der Waals surface area contributed by atoms with Crippen LogP contribution in [0.4, 0.5) is 13.2 Å². The Morgan fingerprint density at radius 3 is 2.04 bits per heavy atom. The standard InChI is InChI=1S/C16H11F3N2O3S/c17-16(18,19)14-11-15(21(20-14)12-7-3-1-4-8-12)24-25(22,23)13-9-5-2-6-10-13/h1-11H. The quantitative estimate of drug-likeness (QED) is 0.660. The highest BCUT2D eigenvalue weighted by molar-refractivity contribution is 7.87. The van der Waals surface area contributed by atoms with E-state index in [2.05, 4.69) is 5.10 Å². The molecule has 25 heavy (non-hydrogen) atoms. The monoisotopic (exact) mass is 368 g/mol. The zero-order valence-electron chi connectivity index (χ0n) is 12.5. The van der Waals surface area contributed by atoms with Crippen LogP contribution in [-0.4, -0.2) is 18.2 Å². The van der Waals surface area contributed by atoms with Crippen molar-refractivity contribution in [2.75, 3.05) is 0 Å². The van der Waals surface area contributed by atoms with Crippen LogP contribution in [0.3, 0.4) is 0 Å². The van der Waals surface area contributed by atoms with Crippen LogP contribution in [0.15, 0.2) is 71.6 Å². The summed E-state index contributed by atoms with van der Waals surface area (Å²) in [6, 6.07) is 15.5. The van der Waals surface area contributed by atoms with Crippen molar-refractivity contribution in [3.63, 3.8) is 0 Å². The second-order valence-electron chi connectivity index (χ2n) is 4.96. The molecule has 9 heteroatoms. The molecule has 1 aromatic heterocycles. The van der Waals surface area contributed by atoms with Gasteiger partial charge < -0.3 is 4.18 Å². The Morgan fingerprint density at radius 2 is 1.48 bits per heavy atom. The highest BCUT2D eigenvalue weighted by atomic mass is 32.2.